The molecule has 0 heterocycles. The highest BCUT2D eigenvalue weighted by molar-refractivity contribution is 9.10. The molecule has 0 bridgehead atoms. The number of hydrogen-bond acceptors (Lipinski definition) is 1. The maximum absolute atomic E-state index is 10.3. The van der Waals surface area contributed by atoms with Gasteiger partial charge in [-0.05, 0) is 33.5 Å². The molecule has 1 N–H and O–H groups in total. The Morgan fingerprint density at radius 2 is 1.75 bits per heavy atom. The molecule has 0 aliphatic heterocycles. The molecule has 1 nitrogen and oxygen atoms in total. The Morgan fingerprint density at radius 1 is 1.25 bits per heavy atom. The van der Waals surface area contributed by atoms with Crippen molar-refractivity contribution in [3.05, 3.63) is 21.7 Å². The number of aryl methyl sites for hydroxylation is 1. The van der Waals surface area contributed by atoms with Crippen LogP contribution in [0.1, 0.15) is 31.9 Å². The van der Waals surface area contributed by atoms with E-state index in [4.69, 9.17) is 0 Å². The Hall–Kier alpha value is -0.283. The van der Waals surface area contributed by atoms with Crippen LogP contribution in [0.3, 0.4) is 0 Å². The predicted octanol–water partition coefficient (Wildman–Crippen LogP) is 3.72. The summed E-state index contributed by atoms with van der Waals surface area (Å²) in [5, 5.41) is 11.6. The molecule has 0 amide bonds. The first kappa shape index (κ1) is 13.8. The monoisotopic (exact) mass is 299 g/mol. The zero-order chi connectivity index (χ0) is 12.7. The summed E-state index contributed by atoms with van der Waals surface area (Å²) in [7, 11) is -0.563. The molecule has 0 spiro atoms. The van der Waals surface area contributed by atoms with Gasteiger partial charge >= 0.3 is 0 Å². The minimum Gasteiger partial charge on any atom is -0.506 e. The number of phenols is 1. The molecule has 0 saturated carbocycles. The maximum atomic E-state index is 10.3. The number of benzene rings is 1. The van der Waals surface area contributed by atoms with Gasteiger partial charge in [-0.3, -0.25) is 0 Å². The largest absolute Gasteiger partial charge is 0.506 e. The van der Waals surface area contributed by atoms with Crippen molar-refractivity contribution in [3.8, 4) is 5.75 Å². The van der Waals surface area contributed by atoms with Gasteiger partial charge in [0.15, 0.2) is 0 Å². The fourth-order valence-corrected chi connectivity index (χ4v) is 5.09. The molecule has 0 aromatic heterocycles. The number of rotatable bonds is 1. The fourth-order valence-electron chi connectivity index (χ4n) is 1.95. The van der Waals surface area contributed by atoms with E-state index in [0.717, 1.165) is 10.0 Å². The number of aromatic hydroxyl groups is 1. The van der Waals surface area contributed by atoms with Crippen molar-refractivity contribution < 1.29 is 5.11 Å². The Kier molecular flexibility index (Phi) is 3.90. The summed E-state index contributed by atoms with van der Waals surface area (Å²) in [5.74, 6) is 0.416. The van der Waals surface area contributed by atoms with E-state index in [1.807, 2.05) is 0 Å². The second-order valence-electron chi connectivity index (χ2n) is 5.53. The Labute approximate surface area is 109 Å². The highest BCUT2D eigenvalue weighted by atomic mass is 79.9. The lowest BCUT2D eigenvalue weighted by molar-refractivity contribution is 0.444. The summed E-state index contributed by atoms with van der Waals surface area (Å²) in [6, 6.07) is 2.13. The molecule has 1 rings (SSSR count). The van der Waals surface area contributed by atoms with Crippen molar-refractivity contribution in [3.63, 3.8) is 0 Å². The van der Waals surface area contributed by atoms with Gasteiger partial charge in [0.2, 0.25) is 0 Å². The summed E-state index contributed by atoms with van der Waals surface area (Å²) in [4.78, 5) is 0. The van der Waals surface area contributed by atoms with Crippen molar-refractivity contribution in [2.45, 2.75) is 46.2 Å². The lowest BCUT2D eigenvalue weighted by Gasteiger charge is -2.24. The zero-order valence-electron chi connectivity index (χ0n) is 10.9. The van der Waals surface area contributed by atoms with E-state index >= 15 is 0 Å². The lowest BCUT2D eigenvalue weighted by atomic mass is 9.85. The summed E-state index contributed by atoms with van der Waals surface area (Å²) >= 11 is 3.55. The highest BCUT2D eigenvalue weighted by Gasteiger charge is 2.23. The van der Waals surface area contributed by atoms with Crippen LogP contribution in [0.15, 0.2) is 10.5 Å². The molecule has 1 radical (unpaired) electrons. The summed E-state index contributed by atoms with van der Waals surface area (Å²) in [6.45, 7) is 13.0. The predicted molar refractivity (Wildman–Crippen MR) is 76.4 cm³/mol. The van der Waals surface area contributed by atoms with Crippen molar-refractivity contribution in [1.82, 2.24) is 0 Å². The second kappa shape index (κ2) is 4.53. The number of halogens is 1. The Bertz CT molecular complexity index is 405. The summed E-state index contributed by atoms with van der Waals surface area (Å²) in [5.41, 5.74) is 2.28. The van der Waals surface area contributed by atoms with Crippen LogP contribution >= 0.6 is 15.9 Å². The lowest BCUT2D eigenvalue weighted by Crippen LogP contribution is -2.28. The molecular formula is C13H20BrOSi. The van der Waals surface area contributed by atoms with E-state index in [1.165, 1.54) is 10.8 Å². The zero-order valence-corrected chi connectivity index (χ0v) is 13.5. The molecule has 0 fully saturated rings. The Balaban J connectivity index is 3.52. The number of phenolic OH excluding ortho intramolecular Hbond substituents is 1. The van der Waals surface area contributed by atoms with E-state index < -0.39 is 8.80 Å². The van der Waals surface area contributed by atoms with E-state index in [9.17, 15) is 5.11 Å². The molecule has 0 saturated heterocycles. The van der Waals surface area contributed by atoms with Gasteiger partial charge in [-0.2, -0.15) is 0 Å². The summed E-state index contributed by atoms with van der Waals surface area (Å²) < 4.78 is 0.899. The SMILES string of the molecule is Cc1cc(C(C)(C)C)c(O)c(Br)c1[Si](C)C. The van der Waals surface area contributed by atoms with E-state index in [2.05, 4.69) is 62.8 Å². The van der Waals surface area contributed by atoms with Crippen LogP contribution in [0.5, 0.6) is 5.75 Å². The average molecular weight is 300 g/mol. The van der Waals surface area contributed by atoms with Crippen molar-refractivity contribution in [2.75, 3.05) is 0 Å². The van der Waals surface area contributed by atoms with E-state index in [1.54, 1.807) is 0 Å². The minimum absolute atomic E-state index is 0.0235. The van der Waals surface area contributed by atoms with Gasteiger partial charge in [0.1, 0.15) is 5.75 Å². The van der Waals surface area contributed by atoms with E-state index in [0.29, 0.717) is 5.75 Å². The smallest absolute Gasteiger partial charge is 0.133 e. The average Bonchev–Trinajstić information content (AvgIpc) is 2.09. The van der Waals surface area contributed by atoms with Gasteiger partial charge in [0.05, 0.1) is 13.3 Å². The quantitative estimate of drug-likeness (QED) is 0.784. The molecule has 0 atom stereocenters. The second-order valence-corrected chi connectivity index (χ2v) is 8.82. The van der Waals surface area contributed by atoms with Crippen LogP contribution < -0.4 is 5.19 Å². The summed E-state index contributed by atoms with van der Waals surface area (Å²) in [6.07, 6.45) is 0. The topological polar surface area (TPSA) is 20.2 Å². The molecule has 0 unspecified atom stereocenters. The standard InChI is InChI=1S/C13H20BrOSi/c1-8-7-9(13(2,3)4)11(15)10(14)12(8)16(5)6/h7,15H,1-6H3. The molecule has 1 aromatic rings. The van der Waals surface area contributed by atoms with Crippen molar-refractivity contribution >= 4 is 29.9 Å². The third-order valence-corrected chi connectivity index (χ3v) is 5.53. The van der Waals surface area contributed by atoms with Crippen LogP contribution in [0.25, 0.3) is 0 Å². The van der Waals surface area contributed by atoms with Crippen LogP contribution in [-0.2, 0) is 5.41 Å². The Morgan fingerprint density at radius 3 is 2.12 bits per heavy atom. The minimum atomic E-state index is -0.563. The van der Waals surface area contributed by atoms with Crippen LogP contribution in [0.2, 0.25) is 13.1 Å². The molecule has 0 aliphatic rings. The van der Waals surface area contributed by atoms with Crippen LogP contribution in [-0.4, -0.2) is 13.9 Å². The molecule has 16 heavy (non-hydrogen) atoms. The third-order valence-electron chi connectivity index (χ3n) is 2.75. The molecule has 0 aliphatic carbocycles. The highest BCUT2D eigenvalue weighted by Crippen LogP contribution is 2.36. The van der Waals surface area contributed by atoms with Gasteiger partial charge < -0.3 is 5.11 Å². The first-order valence-corrected chi connectivity index (χ1v) is 8.78. The van der Waals surface area contributed by atoms with Crippen LogP contribution in [0.4, 0.5) is 0 Å². The molecule has 1 aromatic carbocycles. The third kappa shape index (κ3) is 2.51. The van der Waals surface area contributed by atoms with Gasteiger partial charge in [-0.1, -0.05) is 45.5 Å². The maximum Gasteiger partial charge on any atom is 0.133 e. The van der Waals surface area contributed by atoms with Gasteiger partial charge in [0, 0.05) is 5.56 Å². The van der Waals surface area contributed by atoms with Gasteiger partial charge in [-0.15, -0.1) is 0 Å². The first-order chi connectivity index (χ1) is 7.16. The normalized spacial score (nSPS) is 12.2. The molecule has 89 valence electrons. The van der Waals surface area contributed by atoms with Crippen LogP contribution in [0, 0.1) is 6.92 Å². The van der Waals surface area contributed by atoms with E-state index in [-0.39, 0.29) is 5.41 Å². The molecule has 3 heteroatoms. The number of hydrogen-bond donors (Lipinski definition) is 1. The molecular weight excluding hydrogens is 280 g/mol. The van der Waals surface area contributed by atoms with Gasteiger partial charge in [0.25, 0.3) is 0 Å². The van der Waals surface area contributed by atoms with Gasteiger partial charge in [-0.25, -0.2) is 0 Å². The fraction of sp³-hybridized carbons (Fsp3) is 0.538. The van der Waals surface area contributed by atoms with Crippen molar-refractivity contribution in [1.29, 1.82) is 0 Å². The first-order valence-electron chi connectivity index (χ1n) is 5.49. The van der Waals surface area contributed by atoms with Crippen molar-refractivity contribution in [2.24, 2.45) is 0 Å².